The third-order valence-corrected chi connectivity index (χ3v) is 2.54. The van der Waals surface area contributed by atoms with Crippen LogP contribution in [0.25, 0.3) is 0 Å². The molecule has 0 unspecified atom stereocenters. The zero-order valence-electron chi connectivity index (χ0n) is 10.2. The average molecular weight is 280 g/mol. The SMILES string of the molecule is CC(C)(C)C(=O)Nc1ccc(C(F)(F)F)cc1Cl. The Kier molecular flexibility index (Phi) is 3.96. The number of hydrogen-bond acceptors (Lipinski definition) is 1. The Labute approximate surface area is 108 Å². The summed E-state index contributed by atoms with van der Waals surface area (Å²) in [6, 6.07) is 2.82. The Morgan fingerprint density at radius 2 is 1.78 bits per heavy atom. The van der Waals surface area contributed by atoms with E-state index in [9.17, 15) is 18.0 Å². The normalized spacial score (nSPS) is 12.4. The minimum atomic E-state index is -4.45. The number of halogens is 4. The summed E-state index contributed by atoms with van der Waals surface area (Å²) in [4.78, 5) is 11.7. The molecule has 1 aromatic carbocycles. The Bertz CT molecular complexity index is 463. The molecular formula is C12H13ClF3NO. The van der Waals surface area contributed by atoms with E-state index in [-0.39, 0.29) is 16.6 Å². The zero-order chi connectivity index (χ0) is 14.1. The largest absolute Gasteiger partial charge is 0.416 e. The van der Waals surface area contributed by atoms with Gasteiger partial charge in [0.2, 0.25) is 5.91 Å². The highest BCUT2D eigenvalue weighted by atomic mass is 35.5. The van der Waals surface area contributed by atoms with Crippen molar-refractivity contribution < 1.29 is 18.0 Å². The first-order valence-corrected chi connectivity index (χ1v) is 5.58. The van der Waals surface area contributed by atoms with Crippen molar-refractivity contribution in [1.29, 1.82) is 0 Å². The van der Waals surface area contributed by atoms with Gasteiger partial charge in [0.1, 0.15) is 0 Å². The molecule has 0 fully saturated rings. The predicted molar refractivity (Wildman–Crippen MR) is 64.5 cm³/mol. The second-order valence-corrected chi connectivity index (χ2v) is 5.30. The molecule has 0 bridgehead atoms. The number of amides is 1. The first-order chi connectivity index (χ1) is 8.01. The van der Waals surface area contributed by atoms with E-state index in [0.717, 1.165) is 18.2 Å². The molecule has 100 valence electrons. The molecule has 0 saturated heterocycles. The van der Waals surface area contributed by atoms with Gasteiger partial charge >= 0.3 is 6.18 Å². The minimum Gasteiger partial charge on any atom is -0.324 e. The van der Waals surface area contributed by atoms with Gasteiger partial charge in [0.05, 0.1) is 16.3 Å². The summed E-state index contributed by atoms with van der Waals surface area (Å²) >= 11 is 5.71. The van der Waals surface area contributed by atoms with Crippen LogP contribution in [0.1, 0.15) is 26.3 Å². The molecule has 0 radical (unpaired) electrons. The van der Waals surface area contributed by atoms with Crippen molar-refractivity contribution in [2.24, 2.45) is 5.41 Å². The summed E-state index contributed by atoms with van der Waals surface area (Å²) in [5, 5.41) is 2.35. The van der Waals surface area contributed by atoms with Crippen LogP contribution in [-0.4, -0.2) is 5.91 Å². The number of hydrogen-bond donors (Lipinski definition) is 1. The molecular weight excluding hydrogens is 267 g/mol. The van der Waals surface area contributed by atoms with E-state index in [2.05, 4.69) is 5.32 Å². The molecule has 1 amide bonds. The van der Waals surface area contributed by atoms with Crippen molar-refractivity contribution in [1.82, 2.24) is 0 Å². The van der Waals surface area contributed by atoms with Gasteiger partial charge in [-0.3, -0.25) is 4.79 Å². The highest BCUT2D eigenvalue weighted by molar-refractivity contribution is 6.33. The second kappa shape index (κ2) is 4.80. The molecule has 0 heterocycles. The highest BCUT2D eigenvalue weighted by Crippen LogP contribution is 2.34. The topological polar surface area (TPSA) is 29.1 Å². The van der Waals surface area contributed by atoms with Crippen LogP contribution in [0.3, 0.4) is 0 Å². The quantitative estimate of drug-likeness (QED) is 0.814. The van der Waals surface area contributed by atoms with Crippen molar-refractivity contribution >= 4 is 23.2 Å². The van der Waals surface area contributed by atoms with E-state index in [0.29, 0.717) is 0 Å². The van der Waals surface area contributed by atoms with Gasteiger partial charge in [0, 0.05) is 5.41 Å². The fourth-order valence-electron chi connectivity index (χ4n) is 1.10. The zero-order valence-corrected chi connectivity index (χ0v) is 10.9. The maximum absolute atomic E-state index is 12.4. The number of nitrogens with one attached hydrogen (secondary N) is 1. The van der Waals surface area contributed by atoms with Gasteiger partial charge in [-0.2, -0.15) is 13.2 Å². The Morgan fingerprint density at radius 1 is 1.22 bits per heavy atom. The Balaban J connectivity index is 2.98. The predicted octanol–water partition coefficient (Wildman–Crippen LogP) is 4.34. The fraction of sp³-hybridized carbons (Fsp3) is 0.417. The highest BCUT2D eigenvalue weighted by Gasteiger charge is 2.31. The third-order valence-electron chi connectivity index (χ3n) is 2.23. The molecule has 0 aromatic heterocycles. The van der Waals surface area contributed by atoms with E-state index in [1.807, 2.05) is 0 Å². The molecule has 1 rings (SSSR count). The van der Waals surface area contributed by atoms with E-state index in [1.54, 1.807) is 20.8 Å². The number of alkyl halides is 3. The molecule has 0 saturated carbocycles. The number of benzene rings is 1. The lowest BCUT2D eigenvalue weighted by Crippen LogP contribution is -2.27. The maximum atomic E-state index is 12.4. The molecule has 18 heavy (non-hydrogen) atoms. The van der Waals surface area contributed by atoms with Crippen LogP contribution in [0.5, 0.6) is 0 Å². The summed E-state index contributed by atoms with van der Waals surface area (Å²) in [5.74, 6) is -0.316. The number of carbonyl (C=O) groups is 1. The van der Waals surface area contributed by atoms with Crippen LogP contribution in [0.4, 0.5) is 18.9 Å². The van der Waals surface area contributed by atoms with Gasteiger partial charge in [-0.15, -0.1) is 0 Å². The molecule has 0 spiro atoms. The monoisotopic (exact) mass is 279 g/mol. The van der Waals surface area contributed by atoms with Crippen molar-refractivity contribution in [3.05, 3.63) is 28.8 Å². The maximum Gasteiger partial charge on any atom is 0.416 e. The summed E-state index contributed by atoms with van der Waals surface area (Å²) in [6.07, 6.45) is -4.45. The van der Waals surface area contributed by atoms with Gasteiger partial charge < -0.3 is 5.32 Å². The average Bonchev–Trinajstić information content (AvgIpc) is 2.17. The van der Waals surface area contributed by atoms with Gasteiger partial charge in [-0.05, 0) is 18.2 Å². The standard InChI is InChI=1S/C12H13ClF3NO/c1-11(2,3)10(18)17-9-5-4-7(6-8(9)13)12(14,15)16/h4-6H,1-3H3,(H,17,18). The fourth-order valence-corrected chi connectivity index (χ4v) is 1.33. The van der Waals surface area contributed by atoms with Gasteiger partial charge in [-0.1, -0.05) is 32.4 Å². The molecule has 0 aliphatic rings. The summed E-state index contributed by atoms with van der Waals surface area (Å²) in [5.41, 5.74) is -1.32. The van der Waals surface area contributed by atoms with Crippen LogP contribution < -0.4 is 5.32 Å². The van der Waals surface area contributed by atoms with Crippen LogP contribution in [-0.2, 0) is 11.0 Å². The van der Waals surface area contributed by atoms with Gasteiger partial charge in [0.25, 0.3) is 0 Å². The number of rotatable bonds is 1. The van der Waals surface area contributed by atoms with Gasteiger partial charge in [-0.25, -0.2) is 0 Å². The molecule has 6 heteroatoms. The number of carbonyl (C=O) groups excluding carboxylic acids is 1. The molecule has 1 aromatic rings. The summed E-state index contributed by atoms with van der Waals surface area (Å²) in [6.45, 7) is 5.08. The van der Waals surface area contributed by atoms with Crippen LogP contribution in [0, 0.1) is 5.41 Å². The molecule has 0 aliphatic carbocycles. The Hall–Kier alpha value is -1.23. The molecule has 0 aliphatic heterocycles. The van der Waals surface area contributed by atoms with Gasteiger partial charge in [0.15, 0.2) is 0 Å². The first kappa shape index (κ1) is 14.8. The second-order valence-electron chi connectivity index (χ2n) is 4.90. The van der Waals surface area contributed by atoms with Crippen LogP contribution in [0.2, 0.25) is 5.02 Å². The lowest BCUT2D eigenvalue weighted by molar-refractivity contribution is -0.137. The lowest BCUT2D eigenvalue weighted by atomic mass is 9.95. The smallest absolute Gasteiger partial charge is 0.324 e. The van der Waals surface area contributed by atoms with E-state index < -0.39 is 17.2 Å². The molecule has 1 N–H and O–H groups in total. The summed E-state index contributed by atoms with van der Waals surface area (Å²) < 4.78 is 37.2. The van der Waals surface area contributed by atoms with E-state index in [4.69, 9.17) is 11.6 Å². The lowest BCUT2D eigenvalue weighted by Gasteiger charge is -2.18. The Morgan fingerprint density at radius 3 is 2.17 bits per heavy atom. The van der Waals surface area contributed by atoms with E-state index >= 15 is 0 Å². The molecule has 2 nitrogen and oxygen atoms in total. The van der Waals surface area contributed by atoms with Crippen molar-refractivity contribution in [2.75, 3.05) is 5.32 Å². The molecule has 0 atom stereocenters. The first-order valence-electron chi connectivity index (χ1n) is 5.20. The van der Waals surface area contributed by atoms with Crippen molar-refractivity contribution in [2.45, 2.75) is 26.9 Å². The van der Waals surface area contributed by atoms with E-state index in [1.165, 1.54) is 0 Å². The van der Waals surface area contributed by atoms with Crippen molar-refractivity contribution in [3.8, 4) is 0 Å². The summed E-state index contributed by atoms with van der Waals surface area (Å²) in [7, 11) is 0. The van der Waals surface area contributed by atoms with Crippen molar-refractivity contribution in [3.63, 3.8) is 0 Å². The van der Waals surface area contributed by atoms with Crippen LogP contribution in [0.15, 0.2) is 18.2 Å². The third kappa shape index (κ3) is 3.63. The van der Waals surface area contributed by atoms with Crippen LogP contribution >= 0.6 is 11.6 Å². The minimum absolute atomic E-state index is 0.137. The number of anilines is 1.